The molecule has 96 valence electrons. The molecule has 0 spiro atoms. The second-order valence-corrected chi connectivity index (χ2v) is 5.09. The Morgan fingerprint density at radius 3 is 2.47 bits per heavy atom. The van der Waals surface area contributed by atoms with Gasteiger partial charge in [-0.05, 0) is 43.5 Å². The number of nitrogen functional groups attached to an aromatic ring is 1. The number of pyridine rings is 1. The van der Waals surface area contributed by atoms with Crippen molar-refractivity contribution in [2.45, 2.75) is 19.9 Å². The monoisotopic (exact) mass is 252 g/mol. The van der Waals surface area contributed by atoms with Crippen molar-refractivity contribution >= 4 is 27.4 Å². The predicted octanol–water partition coefficient (Wildman–Crippen LogP) is 3.32. The van der Waals surface area contributed by atoms with E-state index in [0.717, 1.165) is 21.7 Å². The standard InChI is InChI=1S/C16H16N2O/c1-10(2)18-15-6-4-3-5-12(15)14-9-11(17)7-8-13(14)16(18)19/h3-10H,17H2,1-2H3. The zero-order valence-corrected chi connectivity index (χ0v) is 11.1. The largest absolute Gasteiger partial charge is 0.399 e. The zero-order chi connectivity index (χ0) is 13.6. The van der Waals surface area contributed by atoms with Gasteiger partial charge in [0.05, 0.1) is 5.52 Å². The Hall–Kier alpha value is -2.29. The lowest BCUT2D eigenvalue weighted by molar-refractivity contribution is 0.604. The molecule has 3 nitrogen and oxygen atoms in total. The van der Waals surface area contributed by atoms with Gasteiger partial charge >= 0.3 is 0 Å². The van der Waals surface area contributed by atoms with Gasteiger partial charge in [-0.25, -0.2) is 0 Å². The van der Waals surface area contributed by atoms with Crippen molar-refractivity contribution in [1.29, 1.82) is 0 Å². The Morgan fingerprint density at radius 1 is 1.00 bits per heavy atom. The van der Waals surface area contributed by atoms with Crippen molar-refractivity contribution in [2.75, 3.05) is 5.73 Å². The second-order valence-electron chi connectivity index (χ2n) is 5.09. The summed E-state index contributed by atoms with van der Waals surface area (Å²) < 4.78 is 1.84. The van der Waals surface area contributed by atoms with Gasteiger partial charge in [0.25, 0.3) is 5.56 Å². The van der Waals surface area contributed by atoms with E-state index in [1.165, 1.54) is 0 Å². The summed E-state index contributed by atoms with van der Waals surface area (Å²) in [5, 5.41) is 2.72. The van der Waals surface area contributed by atoms with Gasteiger partial charge in [0.2, 0.25) is 0 Å². The number of nitrogens with two attached hydrogens (primary N) is 1. The number of benzene rings is 2. The van der Waals surface area contributed by atoms with Crippen molar-refractivity contribution in [3.05, 3.63) is 52.8 Å². The summed E-state index contributed by atoms with van der Waals surface area (Å²) in [4.78, 5) is 12.6. The van der Waals surface area contributed by atoms with Crippen LogP contribution in [0.5, 0.6) is 0 Å². The lowest BCUT2D eigenvalue weighted by Crippen LogP contribution is -2.22. The van der Waals surface area contributed by atoms with Crippen molar-refractivity contribution in [3.8, 4) is 0 Å². The lowest BCUT2D eigenvalue weighted by Gasteiger charge is -2.16. The van der Waals surface area contributed by atoms with Crippen LogP contribution in [0, 0.1) is 0 Å². The number of anilines is 1. The molecule has 0 aliphatic rings. The van der Waals surface area contributed by atoms with Crippen LogP contribution < -0.4 is 11.3 Å². The average Bonchev–Trinajstić information content (AvgIpc) is 2.38. The summed E-state index contributed by atoms with van der Waals surface area (Å²) in [5.74, 6) is 0. The molecule has 0 unspecified atom stereocenters. The van der Waals surface area contributed by atoms with E-state index >= 15 is 0 Å². The fourth-order valence-electron chi connectivity index (χ4n) is 2.63. The van der Waals surface area contributed by atoms with Crippen LogP contribution in [0.15, 0.2) is 47.3 Å². The maximum Gasteiger partial charge on any atom is 0.259 e. The normalized spacial score (nSPS) is 11.5. The van der Waals surface area contributed by atoms with Crippen LogP contribution in [0.4, 0.5) is 5.69 Å². The summed E-state index contributed by atoms with van der Waals surface area (Å²) in [6.45, 7) is 4.05. The molecule has 2 N–H and O–H groups in total. The van der Waals surface area contributed by atoms with Gasteiger partial charge < -0.3 is 10.3 Å². The summed E-state index contributed by atoms with van der Waals surface area (Å²) in [7, 11) is 0. The first kappa shape index (κ1) is 11.8. The smallest absolute Gasteiger partial charge is 0.259 e. The molecule has 0 amide bonds. The van der Waals surface area contributed by atoms with Crippen LogP contribution in [-0.4, -0.2) is 4.57 Å². The highest BCUT2D eigenvalue weighted by Gasteiger charge is 2.12. The Morgan fingerprint density at radius 2 is 1.74 bits per heavy atom. The summed E-state index contributed by atoms with van der Waals surface area (Å²) >= 11 is 0. The number of rotatable bonds is 1. The van der Waals surface area contributed by atoms with Crippen molar-refractivity contribution in [2.24, 2.45) is 0 Å². The first-order chi connectivity index (χ1) is 9.09. The molecule has 19 heavy (non-hydrogen) atoms. The molecule has 0 bridgehead atoms. The molecule has 1 aromatic heterocycles. The zero-order valence-electron chi connectivity index (χ0n) is 11.1. The van der Waals surface area contributed by atoms with Gasteiger partial charge in [-0.15, -0.1) is 0 Å². The second kappa shape index (κ2) is 4.12. The SMILES string of the molecule is CC(C)n1c(=O)c2ccc(N)cc2c2ccccc21. The highest BCUT2D eigenvalue weighted by atomic mass is 16.1. The number of aromatic nitrogens is 1. The number of hydrogen-bond acceptors (Lipinski definition) is 2. The Labute approximate surface area is 111 Å². The van der Waals surface area contributed by atoms with E-state index in [2.05, 4.69) is 0 Å². The third-order valence-corrected chi connectivity index (χ3v) is 3.46. The van der Waals surface area contributed by atoms with Gasteiger partial charge in [-0.2, -0.15) is 0 Å². The molecule has 3 heteroatoms. The molecule has 3 rings (SSSR count). The molecule has 0 atom stereocenters. The van der Waals surface area contributed by atoms with Crippen LogP contribution in [0.2, 0.25) is 0 Å². The minimum absolute atomic E-state index is 0.0451. The quantitative estimate of drug-likeness (QED) is 0.533. The van der Waals surface area contributed by atoms with Gasteiger partial charge in [0, 0.05) is 22.5 Å². The Kier molecular flexibility index (Phi) is 2.56. The molecule has 0 aliphatic carbocycles. The lowest BCUT2D eigenvalue weighted by atomic mass is 10.0. The van der Waals surface area contributed by atoms with Gasteiger partial charge in [-0.3, -0.25) is 4.79 Å². The fraction of sp³-hybridized carbons (Fsp3) is 0.188. The molecule has 1 heterocycles. The topological polar surface area (TPSA) is 48.0 Å². The minimum Gasteiger partial charge on any atom is -0.399 e. The van der Waals surface area contributed by atoms with Crippen molar-refractivity contribution < 1.29 is 0 Å². The van der Waals surface area contributed by atoms with Crippen molar-refractivity contribution in [3.63, 3.8) is 0 Å². The van der Waals surface area contributed by atoms with Crippen molar-refractivity contribution in [1.82, 2.24) is 4.57 Å². The van der Waals surface area contributed by atoms with Crippen LogP contribution in [-0.2, 0) is 0 Å². The number of nitrogens with zero attached hydrogens (tertiary/aromatic N) is 1. The molecular formula is C16H16N2O. The van der Waals surface area contributed by atoms with E-state index in [0.29, 0.717) is 5.69 Å². The first-order valence-electron chi connectivity index (χ1n) is 6.42. The van der Waals surface area contributed by atoms with E-state index in [-0.39, 0.29) is 11.6 Å². The van der Waals surface area contributed by atoms with Crippen LogP contribution in [0.3, 0.4) is 0 Å². The van der Waals surface area contributed by atoms with Crippen LogP contribution in [0.25, 0.3) is 21.7 Å². The van der Waals surface area contributed by atoms with E-state index in [1.54, 1.807) is 6.07 Å². The van der Waals surface area contributed by atoms with Crippen LogP contribution in [0.1, 0.15) is 19.9 Å². The molecule has 0 fully saturated rings. The predicted molar refractivity (Wildman–Crippen MR) is 80.5 cm³/mol. The first-order valence-corrected chi connectivity index (χ1v) is 6.42. The molecule has 0 aliphatic heterocycles. The molecule has 0 radical (unpaired) electrons. The summed E-state index contributed by atoms with van der Waals surface area (Å²) in [6, 6.07) is 13.6. The number of para-hydroxylation sites is 1. The Balaban J connectivity index is 2.65. The van der Waals surface area contributed by atoms with Gasteiger partial charge in [0.1, 0.15) is 0 Å². The summed E-state index contributed by atoms with van der Waals surface area (Å²) in [6.07, 6.45) is 0. The highest BCUT2D eigenvalue weighted by molar-refractivity contribution is 6.06. The number of fused-ring (bicyclic) bond motifs is 3. The number of hydrogen-bond donors (Lipinski definition) is 1. The molecule has 2 aromatic carbocycles. The maximum absolute atomic E-state index is 12.6. The molecule has 0 saturated carbocycles. The maximum atomic E-state index is 12.6. The average molecular weight is 252 g/mol. The fourth-order valence-corrected chi connectivity index (χ4v) is 2.63. The third-order valence-electron chi connectivity index (χ3n) is 3.46. The van der Waals surface area contributed by atoms with Gasteiger partial charge in [0.15, 0.2) is 0 Å². The Bertz CT molecular complexity index is 831. The molecular weight excluding hydrogens is 236 g/mol. The molecule has 3 aromatic rings. The summed E-state index contributed by atoms with van der Waals surface area (Å²) in [5.41, 5.74) is 7.54. The van der Waals surface area contributed by atoms with E-state index in [9.17, 15) is 4.79 Å². The van der Waals surface area contributed by atoms with Crippen LogP contribution >= 0.6 is 0 Å². The minimum atomic E-state index is 0.0451. The molecule has 0 saturated heterocycles. The van der Waals surface area contributed by atoms with Gasteiger partial charge in [-0.1, -0.05) is 18.2 Å². The van der Waals surface area contributed by atoms with E-state index < -0.39 is 0 Å². The van der Waals surface area contributed by atoms with E-state index in [1.807, 2.05) is 54.8 Å². The third kappa shape index (κ3) is 1.70. The van der Waals surface area contributed by atoms with E-state index in [4.69, 9.17) is 5.73 Å². The highest BCUT2D eigenvalue weighted by Crippen LogP contribution is 2.26.